The molecule has 2 N–H and O–H groups in total. The maximum absolute atomic E-state index is 11.2. The van der Waals surface area contributed by atoms with Crippen LogP contribution in [0, 0.1) is 11.3 Å². The summed E-state index contributed by atoms with van der Waals surface area (Å²) in [4.78, 5) is 11.2. The molecule has 0 heterocycles. The molecular formula is C16H14BrN3O. The molecule has 0 aliphatic rings. The van der Waals surface area contributed by atoms with E-state index in [0.29, 0.717) is 17.8 Å². The highest BCUT2D eigenvalue weighted by molar-refractivity contribution is 9.10. The van der Waals surface area contributed by atoms with Gasteiger partial charge in [0.2, 0.25) is 5.91 Å². The Labute approximate surface area is 131 Å². The first-order valence-electron chi connectivity index (χ1n) is 6.39. The quantitative estimate of drug-likeness (QED) is 0.884. The summed E-state index contributed by atoms with van der Waals surface area (Å²) < 4.78 is 0.910. The van der Waals surface area contributed by atoms with E-state index >= 15 is 0 Å². The smallest absolute Gasteiger partial charge is 0.221 e. The summed E-state index contributed by atoms with van der Waals surface area (Å²) in [5.41, 5.74) is 3.06. The first-order valence-corrected chi connectivity index (χ1v) is 7.18. The number of benzene rings is 2. The molecule has 0 bridgehead atoms. The third-order valence-corrected chi connectivity index (χ3v) is 3.39. The van der Waals surface area contributed by atoms with Crippen LogP contribution >= 0.6 is 15.9 Å². The zero-order valence-electron chi connectivity index (χ0n) is 11.5. The van der Waals surface area contributed by atoms with Crippen molar-refractivity contribution in [3.05, 3.63) is 58.1 Å². The summed E-state index contributed by atoms with van der Waals surface area (Å²) in [6.45, 7) is 1.98. The van der Waals surface area contributed by atoms with Crippen LogP contribution in [0.2, 0.25) is 0 Å². The van der Waals surface area contributed by atoms with Crippen molar-refractivity contribution in [1.29, 1.82) is 5.26 Å². The lowest BCUT2D eigenvalue weighted by molar-refractivity contribution is -0.114. The molecule has 21 heavy (non-hydrogen) atoms. The van der Waals surface area contributed by atoms with Crippen molar-refractivity contribution >= 4 is 33.2 Å². The van der Waals surface area contributed by atoms with E-state index < -0.39 is 0 Å². The summed E-state index contributed by atoms with van der Waals surface area (Å²) >= 11 is 3.41. The maximum Gasteiger partial charge on any atom is 0.221 e. The molecule has 0 aliphatic carbocycles. The second-order valence-electron chi connectivity index (χ2n) is 4.49. The predicted octanol–water partition coefficient (Wildman–Crippen LogP) is 3.89. The van der Waals surface area contributed by atoms with E-state index in [0.717, 1.165) is 15.7 Å². The zero-order valence-corrected chi connectivity index (χ0v) is 13.1. The minimum absolute atomic E-state index is 0.127. The van der Waals surface area contributed by atoms with Gasteiger partial charge in [0.15, 0.2) is 0 Å². The van der Waals surface area contributed by atoms with Gasteiger partial charge in [0.1, 0.15) is 0 Å². The van der Waals surface area contributed by atoms with E-state index in [-0.39, 0.29) is 5.91 Å². The van der Waals surface area contributed by atoms with Gasteiger partial charge in [-0.25, -0.2) is 0 Å². The van der Waals surface area contributed by atoms with Gasteiger partial charge in [0, 0.05) is 17.9 Å². The second-order valence-corrected chi connectivity index (χ2v) is 5.41. The van der Waals surface area contributed by atoms with Gasteiger partial charge < -0.3 is 10.6 Å². The molecule has 0 atom stereocenters. The lowest BCUT2D eigenvalue weighted by Gasteiger charge is -2.13. The number of halogens is 1. The van der Waals surface area contributed by atoms with E-state index in [1.165, 1.54) is 6.92 Å². The molecule has 0 spiro atoms. The molecular weight excluding hydrogens is 330 g/mol. The highest BCUT2D eigenvalue weighted by atomic mass is 79.9. The molecule has 2 rings (SSSR count). The Bertz CT molecular complexity index is 707. The van der Waals surface area contributed by atoms with Crippen molar-refractivity contribution in [3.8, 4) is 6.07 Å². The van der Waals surface area contributed by atoms with Crippen LogP contribution < -0.4 is 10.6 Å². The van der Waals surface area contributed by atoms with Gasteiger partial charge >= 0.3 is 0 Å². The standard InChI is InChI=1S/C16H14BrN3O/c1-11(21)20-15-7-6-14(17)8-16(15)19-10-13-5-3-2-4-12(13)9-18/h2-8,19H,10H2,1H3,(H,20,21). The number of hydrogen-bond donors (Lipinski definition) is 2. The lowest BCUT2D eigenvalue weighted by atomic mass is 10.1. The lowest BCUT2D eigenvalue weighted by Crippen LogP contribution is -2.09. The minimum Gasteiger partial charge on any atom is -0.379 e. The topological polar surface area (TPSA) is 64.9 Å². The highest BCUT2D eigenvalue weighted by Crippen LogP contribution is 2.26. The number of nitrogens with one attached hydrogen (secondary N) is 2. The normalized spacial score (nSPS) is 9.76. The molecule has 2 aromatic carbocycles. The fraction of sp³-hybridized carbons (Fsp3) is 0.125. The van der Waals surface area contributed by atoms with Gasteiger partial charge in [-0.05, 0) is 29.8 Å². The zero-order chi connectivity index (χ0) is 15.2. The van der Waals surface area contributed by atoms with Crippen molar-refractivity contribution in [3.63, 3.8) is 0 Å². The van der Waals surface area contributed by atoms with Gasteiger partial charge in [-0.1, -0.05) is 34.1 Å². The van der Waals surface area contributed by atoms with Crippen molar-refractivity contribution in [1.82, 2.24) is 0 Å². The Morgan fingerprint density at radius 1 is 1.24 bits per heavy atom. The fourth-order valence-corrected chi connectivity index (χ4v) is 2.30. The van der Waals surface area contributed by atoms with Gasteiger partial charge in [0.25, 0.3) is 0 Å². The summed E-state index contributed by atoms with van der Waals surface area (Å²) in [5.74, 6) is -0.127. The largest absolute Gasteiger partial charge is 0.379 e. The van der Waals surface area contributed by atoms with Crippen LogP contribution in [0.3, 0.4) is 0 Å². The average molecular weight is 344 g/mol. The summed E-state index contributed by atoms with van der Waals surface area (Å²) in [7, 11) is 0. The summed E-state index contributed by atoms with van der Waals surface area (Å²) in [5, 5.41) is 15.1. The SMILES string of the molecule is CC(=O)Nc1ccc(Br)cc1NCc1ccccc1C#N. The van der Waals surface area contributed by atoms with Crippen molar-refractivity contribution in [2.24, 2.45) is 0 Å². The first kappa shape index (κ1) is 15.1. The van der Waals surface area contributed by atoms with E-state index in [4.69, 9.17) is 5.26 Å². The van der Waals surface area contributed by atoms with E-state index in [9.17, 15) is 4.79 Å². The molecule has 0 saturated heterocycles. The van der Waals surface area contributed by atoms with Crippen LogP contribution in [0.1, 0.15) is 18.1 Å². The molecule has 0 aromatic heterocycles. The van der Waals surface area contributed by atoms with E-state index in [1.54, 1.807) is 6.07 Å². The number of amides is 1. The van der Waals surface area contributed by atoms with Gasteiger partial charge in [0.05, 0.1) is 23.0 Å². The van der Waals surface area contributed by atoms with Crippen molar-refractivity contribution in [2.45, 2.75) is 13.5 Å². The Morgan fingerprint density at radius 3 is 2.71 bits per heavy atom. The fourth-order valence-electron chi connectivity index (χ4n) is 1.94. The van der Waals surface area contributed by atoms with Crippen LogP contribution in [-0.4, -0.2) is 5.91 Å². The molecule has 2 aromatic rings. The summed E-state index contributed by atoms with van der Waals surface area (Å²) in [6, 6.07) is 15.2. The molecule has 0 unspecified atom stereocenters. The van der Waals surface area contributed by atoms with Crippen molar-refractivity contribution in [2.75, 3.05) is 10.6 Å². The maximum atomic E-state index is 11.2. The molecule has 0 saturated carbocycles. The minimum atomic E-state index is -0.127. The molecule has 106 valence electrons. The highest BCUT2D eigenvalue weighted by Gasteiger charge is 2.06. The second kappa shape index (κ2) is 6.91. The molecule has 1 amide bonds. The molecule has 5 heteroatoms. The van der Waals surface area contributed by atoms with Gasteiger partial charge in [-0.3, -0.25) is 4.79 Å². The molecule has 4 nitrogen and oxygen atoms in total. The van der Waals surface area contributed by atoms with Crippen LogP contribution in [0.15, 0.2) is 46.9 Å². The third-order valence-electron chi connectivity index (χ3n) is 2.90. The van der Waals surface area contributed by atoms with Crippen LogP contribution in [0.5, 0.6) is 0 Å². The number of anilines is 2. The average Bonchev–Trinajstić information content (AvgIpc) is 2.47. The van der Waals surface area contributed by atoms with Crippen molar-refractivity contribution < 1.29 is 4.79 Å². The third kappa shape index (κ3) is 4.07. The number of nitrogens with zero attached hydrogens (tertiary/aromatic N) is 1. The number of nitriles is 1. The summed E-state index contributed by atoms with van der Waals surface area (Å²) in [6.07, 6.45) is 0. The van der Waals surface area contributed by atoms with Crippen LogP contribution in [0.25, 0.3) is 0 Å². The van der Waals surface area contributed by atoms with E-state index in [1.807, 2.05) is 36.4 Å². The van der Waals surface area contributed by atoms with Gasteiger partial charge in [-0.2, -0.15) is 5.26 Å². The van der Waals surface area contributed by atoms with Crippen LogP contribution in [0.4, 0.5) is 11.4 Å². The molecule has 0 fully saturated rings. The molecule has 0 aliphatic heterocycles. The Morgan fingerprint density at radius 2 is 2.00 bits per heavy atom. The van der Waals surface area contributed by atoms with Gasteiger partial charge in [-0.15, -0.1) is 0 Å². The Hall–Kier alpha value is -2.32. The Kier molecular flexibility index (Phi) is 4.96. The Balaban J connectivity index is 2.21. The number of rotatable bonds is 4. The number of hydrogen-bond acceptors (Lipinski definition) is 3. The number of carbonyl (C=O) groups is 1. The van der Waals surface area contributed by atoms with E-state index in [2.05, 4.69) is 32.6 Å². The first-order chi connectivity index (χ1) is 10.1. The number of carbonyl (C=O) groups excluding carboxylic acids is 1. The monoisotopic (exact) mass is 343 g/mol. The molecule has 0 radical (unpaired) electrons. The van der Waals surface area contributed by atoms with Crippen LogP contribution in [-0.2, 0) is 11.3 Å². The predicted molar refractivity (Wildman–Crippen MR) is 86.9 cm³/mol.